The number of ether oxygens (including phenoxy) is 5. The lowest BCUT2D eigenvalue weighted by Gasteiger charge is -2.40. The summed E-state index contributed by atoms with van der Waals surface area (Å²) in [4.78, 5) is 51.4. The summed E-state index contributed by atoms with van der Waals surface area (Å²) in [6.45, 7) is 6.04. The third kappa shape index (κ3) is 47.2. The number of unbranched alkanes of at least 4 members (excludes halogenated alkanes) is 42. The van der Waals surface area contributed by atoms with E-state index in [0.717, 1.165) is 77.0 Å². The summed E-state index contributed by atoms with van der Waals surface area (Å²) in [5.74, 6) is -3.08. The van der Waals surface area contributed by atoms with Crippen LogP contribution in [0.5, 0.6) is 0 Å². The first-order chi connectivity index (χ1) is 39.6. The number of aliphatic hydroxyl groups excluding tert-OH is 2. The topological polar surface area (TPSA) is 175 Å². The molecule has 1 aliphatic rings. The predicted octanol–water partition coefficient (Wildman–Crippen LogP) is 18.6. The number of carbonyl (C=O) groups excluding carboxylic acids is 3. The van der Waals surface area contributed by atoms with Crippen molar-refractivity contribution in [3.05, 3.63) is 24.3 Å². The van der Waals surface area contributed by atoms with E-state index < -0.39 is 67.3 Å². The van der Waals surface area contributed by atoms with Crippen LogP contribution in [0.1, 0.15) is 342 Å². The lowest BCUT2D eigenvalue weighted by atomic mass is 9.98. The maximum Gasteiger partial charge on any atom is 0.335 e. The molecular formula is C69H126O12. The van der Waals surface area contributed by atoms with Gasteiger partial charge in [0.05, 0.1) is 6.61 Å². The van der Waals surface area contributed by atoms with E-state index in [2.05, 4.69) is 45.1 Å². The first kappa shape index (κ1) is 76.2. The van der Waals surface area contributed by atoms with E-state index in [9.17, 15) is 34.5 Å². The summed E-state index contributed by atoms with van der Waals surface area (Å²) in [5, 5.41) is 31.6. The molecule has 81 heavy (non-hydrogen) atoms. The number of hydrogen-bond donors (Lipinski definition) is 3. The van der Waals surface area contributed by atoms with Gasteiger partial charge in [0.25, 0.3) is 0 Å². The van der Waals surface area contributed by atoms with Crippen LogP contribution in [0.15, 0.2) is 24.3 Å². The number of aliphatic hydroxyl groups is 2. The van der Waals surface area contributed by atoms with Crippen molar-refractivity contribution in [2.24, 2.45) is 0 Å². The molecule has 0 spiro atoms. The van der Waals surface area contributed by atoms with Gasteiger partial charge in [-0.25, -0.2) is 4.79 Å². The molecule has 474 valence electrons. The van der Waals surface area contributed by atoms with E-state index in [1.54, 1.807) is 0 Å². The number of aliphatic carboxylic acids is 1. The summed E-state index contributed by atoms with van der Waals surface area (Å²) in [5.41, 5.74) is 0. The van der Waals surface area contributed by atoms with Gasteiger partial charge in [-0.15, -0.1) is 0 Å². The van der Waals surface area contributed by atoms with E-state index in [4.69, 9.17) is 23.7 Å². The summed E-state index contributed by atoms with van der Waals surface area (Å²) >= 11 is 0. The highest BCUT2D eigenvalue weighted by Crippen LogP contribution is 2.27. The lowest BCUT2D eigenvalue weighted by Crippen LogP contribution is -2.61. The van der Waals surface area contributed by atoms with Crippen LogP contribution in [-0.4, -0.2) is 89.2 Å². The van der Waals surface area contributed by atoms with Crippen LogP contribution in [0.4, 0.5) is 0 Å². The van der Waals surface area contributed by atoms with Crippen molar-refractivity contribution in [3.63, 3.8) is 0 Å². The van der Waals surface area contributed by atoms with Gasteiger partial charge in [0, 0.05) is 19.3 Å². The van der Waals surface area contributed by atoms with Crippen LogP contribution in [-0.2, 0) is 42.9 Å². The van der Waals surface area contributed by atoms with Gasteiger partial charge in [0.1, 0.15) is 18.8 Å². The highest BCUT2D eigenvalue weighted by atomic mass is 16.7. The molecule has 1 heterocycles. The van der Waals surface area contributed by atoms with Crippen molar-refractivity contribution in [2.45, 2.75) is 379 Å². The monoisotopic (exact) mass is 1150 g/mol. The summed E-state index contributed by atoms with van der Waals surface area (Å²) in [6.07, 6.45) is 55.6. The van der Waals surface area contributed by atoms with Gasteiger partial charge >= 0.3 is 23.9 Å². The molecule has 0 aliphatic carbocycles. The van der Waals surface area contributed by atoms with E-state index >= 15 is 0 Å². The van der Waals surface area contributed by atoms with Gasteiger partial charge in [0.15, 0.2) is 24.6 Å². The minimum Gasteiger partial charge on any atom is -0.479 e. The molecule has 0 aromatic heterocycles. The summed E-state index contributed by atoms with van der Waals surface area (Å²) in [7, 11) is 0. The minimum absolute atomic E-state index is 0.0610. The normalized spacial score (nSPS) is 17.8. The minimum atomic E-state index is -1.90. The predicted molar refractivity (Wildman–Crippen MR) is 331 cm³/mol. The Labute approximate surface area is 496 Å². The van der Waals surface area contributed by atoms with Crippen molar-refractivity contribution in [1.29, 1.82) is 0 Å². The Kier molecular flexibility index (Phi) is 54.2. The molecule has 12 heteroatoms. The average Bonchev–Trinajstić information content (AvgIpc) is 3.54. The number of carboxylic acid groups (broad SMARTS) is 1. The third-order valence-electron chi connectivity index (χ3n) is 16.0. The first-order valence-corrected chi connectivity index (χ1v) is 34.3. The van der Waals surface area contributed by atoms with Crippen molar-refractivity contribution in [1.82, 2.24) is 0 Å². The highest BCUT2D eigenvalue weighted by molar-refractivity contribution is 5.74. The van der Waals surface area contributed by atoms with Crippen molar-refractivity contribution < 1.29 is 58.2 Å². The lowest BCUT2D eigenvalue weighted by molar-refractivity contribution is -0.301. The van der Waals surface area contributed by atoms with Crippen LogP contribution < -0.4 is 0 Å². The summed E-state index contributed by atoms with van der Waals surface area (Å²) in [6, 6.07) is 0. The molecule has 0 amide bonds. The summed E-state index contributed by atoms with van der Waals surface area (Å²) < 4.78 is 28.6. The number of hydrogen-bond acceptors (Lipinski definition) is 11. The van der Waals surface area contributed by atoms with E-state index in [1.807, 2.05) is 0 Å². The fourth-order valence-corrected chi connectivity index (χ4v) is 10.8. The molecule has 1 fully saturated rings. The van der Waals surface area contributed by atoms with Crippen LogP contribution >= 0.6 is 0 Å². The maximum absolute atomic E-state index is 13.2. The van der Waals surface area contributed by atoms with Crippen molar-refractivity contribution in [3.8, 4) is 0 Å². The van der Waals surface area contributed by atoms with Gasteiger partial charge in [-0.2, -0.15) is 0 Å². The Balaban J connectivity index is 2.59. The smallest absolute Gasteiger partial charge is 0.335 e. The van der Waals surface area contributed by atoms with E-state index in [-0.39, 0.29) is 25.9 Å². The number of rotatable bonds is 60. The largest absolute Gasteiger partial charge is 0.479 e. The fourth-order valence-electron chi connectivity index (χ4n) is 10.8. The second-order valence-corrected chi connectivity index (χ2v) is 23.8. The van der Waals surface area contributed by atoms with Crippen LogP contribution in [0.3, 0.4) is 0 Å². The molecule has 0 radical (unpaired) electrons. The Bertz CT molecular complexity index is 1500. The molecule has 3 N–H and O–H groups in total. The molecule has 12 nitrogen and oxygen atoms in total. The Hall–Kier alpha value is -2.80. The SMILES string of the molecule is CCCCC/C=C\C/C=C\CCCCCCCCCCCC(=O)OC1C(OCC(COC(=O)CCCCCCCCCCCCCCCCCCCCC)OC(=O)CCCCCCCCCCCCCCC)OC(C(=O)O)C(O)C1O. The third-order valence-corrected chi connectivity index (χ3v) is 16.0. The average molecular weight is 1150 g/mol. The molecule has 0 aromatic rings. The zero-order valence-corrected chi connectivity index (χ0v) is 52.6. The molecule has 1 aliphatic heterocycles. The second-order valence-electron chi connectivity index (χ2n) is 23.8. The van der Waals surface area contributed by atoms with Crippen LogP contribution in [0, 0.1) is 0 Å². The highest BCUT2D eigenvalue weighted by Gasteiger charge is 2.50. The Morgan fingerprint density at radius 2 is 0.741 bits per heavy atom. The van der Waals surface area contributed by atoms with Crippen LogP contribution in [0.2, 0.25) is 0 Å². The van der Waals surface area contributed by atoms with E-state index in [1.165, 1.54) is 205 Å². The number of carbonyl (C=O) groups is 4. The molecule has 6 unspecified atom stereocenters. The Morgan fingerprint density at radius 1 is 0.407 bits per heavy atom. The Morgan fingerprint density at radius 3 is 1.14 bits per heavy atom. The zero-order chi connectivity index (χ0) is 58.9. The maximum atomic E-state index is 13.2. The number of allylic oxidation sites excluding steroid dienone is 4. The molecule has 1 saturated heterocycles. The van der Waals surface area contributed by atoms with Crippen LogP contribution in [0.25, 0.3) is 0 Å². The standard InChI is InChI=1S/C69H126O12/c1-4-7-10-13-16-19-22-25-27-29-31-33-35-38-40-43-46-49-52-55-61(70)77-58-60(79-62(71)56-53-50-47-44-41-37-24-21-18-15-12-9-6-3)59-78-69-67(65(74)64(73)66(81-69)68(75)76)80-63(72)57-54-51-48-45-42-39-36-34-32-30-28-26-23-20-17-14-11-8-5-2/h17,20,26,28,60,64-67,69,73-74H,4-16,18-19,21-25,27,29-59H2,1-3H3,(H,75,76)/b20-17-,28-26-. The fraction of sp³-hybridized carbons (Fsp3) is 0.884. The molecule has 0 bridgehead atoms. The second kappa shape index (κ2) is 57.6. The molecular weight excluding hydrogens is 1020 g/mol. The van der Waals surface area contributed by atoms with Gasteiger partial charge < -0.3 is 39.0 Å². The quantitative estimate of drug-likeness (QED) is 0.0228. The van der Waals surface area contributed by atoms with E-state index in [0.29, 0.717) is 19.3 Å². The first-order valence-electron chi connectivity index (χ1n) is 34.3. The number of esters is 3. The number of carboxylic acids is 1. The van der Waals surface area contributed by atoms with Gasteiger partial charge in [-0.05, 0) is 51.4 Å². The van der Waals surface area contributed by atoms with Crippen molar-refractivity contribution >= 4 is 23.9 Å². The molecule has 1 rings (SSSR count). The molecule has 0 aromatic carbocycles. The van der Waals surface area contributed by atoms with Gasteiger partial charge in [-0.1, -0.05) is 295 Å². The van der Waals surface area contributed by atoms with Gasteiger partial charge in [-0.3, -0.25) is 14.4 Å². The van der Waals surface area contributed by atoms with Gasteiger partial charge in [0.2, 0.25) is 0 Å². The molecule has 6 atom stereocenters. The molecule has 0 saturated carbocycles. The van der Waals surface area contributed by atoms with Crippen molar-refractivity contribution in [2.75, 3.05) is 13.2 Å². The zero-order valence-electron chi connectivity index (χ0n) is 52.6.